The Morgan fingerprint density at radius 3 is 2.30 bits per heavy atom. The Labute approximate surface area is 120 Å². The molecule has 1 aromatic carbocycles. The minimum absolute atomic E-state index is 0.537. The van der Waals surface area contributed by atoms with E-state index < -0.39 is 0 Å². The lowest BCUT2D eigenvalue weighted by molar-refractivity contribution is 0.315. The van der Waals surface area contributed by atoms with Crippen molar-refractivity contribution in [1.82, 2.24) is 9.88 Å². The predicted octanol–water partition coefficient (Wildman–Crippen LogP) is 2.18. The van der Waals surface area contributed by atoms with Crippen LogP contribution < -0.4 is 10.5 Å². The summed E-state index contributed by atoms with van der Waals surface area (Å²) < 4.78 is 5.16. The zero-order valence-electron chi connectivity index (χ0n) is 12.0. The van der Waals surface area contributed by atoms with E-state index in [0.717, 1.165) is 30.1 Å². The maximum Gasteiger partial charge on any atom is 0.118 e. The van der Waals surface area contributed by atoms with Crippen LogP contribution in [-0.2, 0) is 19.6 Å². The quantitative estimate of drug-likeness (QED) is 0.875. The van der Waals surface area contributed by atoms with Gasteiger partial charge in [-0.1, -0.05) is 18.2 Å². The molecule has 106 valence electrons. The molecule has 0 fully saturated rings. The van der Waals surface area contributed by atoms with Crippen molar-refractivity contribution in [2.24, 2.45) is 5.73 Å². The summed E-state index contributed by atoms with van der Waals surface area (Å²) in [7, 11) is 3.76. The summed E-state index contributed by atoms with van der Waals surface area (Å²) in [5.41, 5.74) is 8.94. The van der Waals surface area contributed by atoms with Gasteiger partial charge in [-0.3, -0.25) is 9.88 Å². The number of nitrogens with two attached hydrogens (primary N) is 1. The lowest BCUT2D eigenvalue weighted by Crippen LogP contribution is -2.18. The topological polar surface area (TPSA) is 51.4 Å². The number of pyridine rings is 1. The molecule has 0 radical (unpaired) electrons. The summed E-state index contributed by atoms with van der Waals surface area (Å²) in [4.78, 5) is 6.65. The Hall–Kier alpha value is -1.91. The van der Waals surface area contributed by atoms with Crippen molar-refractivity contribution in [3.63, 3.8) is 0 Å². The largest absolute Gasteiger partial charge is 0.497 e. The molecule has 0 aliphatic rings. The van der Waals surface area contributed by atoms with Crippen molar-refractivity contribution in [2.75, 3.05) is 14.2 Å². The van der Waals surface area contributed by atoms with E-state index in [0.29, 0.717) is 6.54 Å². The molecule has 2 N–H and O–H groups in total. The fourth-order valence-corrected chi connectivity index (χ4v) is 2.04. The van der Waals surface area contributed by atoms with Crippen molar-refractivity contribution in [3.8, 4) is 5.75 Å². The first kappa shape index (κ1) is 14.5. The Morgan fingerprint density at radius 2 is 1.75 bits per heavy atom. The summed E-state index contributed by atoms with van der Waals surface area (Å²) in [6.45, 7) is 2.23. The molecular weight excluding hydrogens is 250 g/mol. The molecule has 0 saturated carbocycles. The van der Waals surface area contributed by atoms with Gasteiger partial charge in [0.1, 0.15) is 5.75 Å². The Morgan fingerprint density at radius 1 is 1.05 bits per heavy atom. The van der Waals surface area contributed by atoms with Gasteiger partial charge < -0.3 is 10.5 Å². The molecule has 1 aromatic heterocycles. The fraction of sp³-hybridized carbons (Fsp3) is 0.312. The lowest BCUT2D eigenvalue weighted by atomic mass is 10.2. The molecule has 0 spiro atoms. The number of hydrogen-bond acceptors (Lipinski definition) is 4. The van der Waals surface area contributed by atoms with Gasteiger partial charge in [-0.05, 0) is 36.4 Å². The Balaban J connectivity index is 1.91. The first-order valence-corrected chi connectivity index (χ1v) is 6.66. The van der Waals surface area contributed by atoms with Crippen LogP contribution in [0.15, 0.2) is 42.6 Å². The third kappa shape index (κ3) is 4.05. The molecule has 0 aliphatic carbocycles. The zero-order chi connectivity index (χ0) is 14.4. The summed E-state index contributed by atoms with van der Waals surface area (Å²) in [5, 5.41) is 0. The minimum Gasteiger partial charge on any atom is -0.497 e. The first-order chi connectivity index (χ1) is 9.71. The average molecular weight is 271 g/mol. The normalized spacial score (nSPS) is 10.8. The molecule has 2 rings (SSSR count). The molecule has 0 atom stereocenters. The maximum atomic E-state index is 5.57. The van der Waals surface area contributed by atoms with E-state index in [2.05, 4.69) is 29.1 Å². The van der Waals surface area contributed by atoms with Crippen LogP contribution in [0.3, 0.4) is 0 Å². The number of methoxy groups -OCH3 is 1. The van der Waals surface area contributed by atoms with Gasteiger partial charge in [0.05, 0.1) is 12.8 Å². The van der Waals surface area contributed by atoms with E-state index in [9.17, 15) is 0 Å². The zero-order valence-corrected chi connectivity index (χ0v) is 12.0. The number of benzene rings is 1. The molecule has 4 heteroatoms. The molecule has 0 unspecified atom stereocenters. The summed E-state index contributed by atoms with van der Waals surface area (Å²) >= 11 is 0. The fourth-order valence-electron chi connectivity index (χ4n) is 2.04. The summed E-state index contributed by atoms with van der Waals surface area (Å²) in [6, 6.07) is 12.2. The highest BCUT2D eigenvalue weighted by atomic mass is 16.5. The standard InChI is InChI=1S/C16H21N3O/c1-19(11-13-4-7-16(20-2)8-5-13)12-15-6-3-14(9-17)10-18-15/h3-8,10H,9,11-12,17H2,1-2H3. The van der Waals surface area contributed by atoms with Crippen molar-refractivity contribution in [1.29, 1.82) is 0 Å². The van der Waals surface area contributed by atoms with Crippen LogP contribution >= 0.6 is 0 Å². The van der Waals surface area contributed by atoms with Crippen molar-refractivity contribution < 1.29 is 4.74 Å². The van der Waals surface area contributed by atoms with E-state index in [4.69, 9.17) is 10.5 Å². The monoisotopic (exact) mass is 271 g/mol. The molecule has 2 aromatic rings. The summed E-state index contributed by atoms with van der Waals surface area (Å²) in [6.07, 6.45) is 1.84. The second-order valence-corrected chi connectivity index (χ2v) is 4.88. The van der Waals surface area contributed by atoms with Gasteiger partial charge in [0.15, 0.2) is 0 Å². The molecule has 0 amide bonds. The van der Waals surface area contributed by atoms with Crippen LogP contribution in [-0.4, -0.2) is 24.0 Å². The first-order valence-electron chi connectivity index (χ1n) is 6.66. The van der Waals surface area contributed by atoms with Crippen molar-refractivity contribution in [3.05, 3.63) is 59.4 Å². The van der Waals surface area contributed by atoms with Gasteiger partial charge in [0, 0.05) is 25.8 Å². The molecule has 1 heterocycles. The van der Waals surface area contributed by atoms with Gasteiger partial charge in [0.25, 0.3) is 0 Å². The number of rotatable bonds is 6. The minimum atomic E-state index is 0.537. The molecule has 20 heavy (non-hydrogen) atoms. The number of nitrogens with zero attached hydrogens (tertiary/aromatic N) is 2. The van der Waals surface area contributed by atoms with E-state index in [1.165, 1.54) is 5.56 Å². The Kier molecular flexibility index (Phi) is 5.09. The van der Waals surface area contributed by atoms with E-state index >= 15 is 0 Å². The van der Waals surface area contributed by atoms with Crippen LogP contribution in [0.2, 0.25) is 0 Å². The van der Waals surface area contributed by atoms with Crippen molar-refractivity contribution >= 4 is 0 Å². The van der Waals surface area contributed by atoms with E-state index in [-0.39, 0.29) is 0 Å². The number of aromatic nitrogens is 1. The highest BCUT2D eigenvalue weighted by molar-refractivity contribution is 5.27. The Bertz CT molecular complexity index is 473. The second-order valence-electron chi connectivity index (χ2n) is 4.88. The SMILES string of the molecule is COc1ccc(CN(C)Cc2ccc(CN)cn2)cc1. The molecular formula is C16H21N3O. The van der Waals surface area contributed by atoms with Crippen LogP contribution in [0.1, 0.15) is 16.8 Å². The highest BCUT2D eigenvalue weighted by Crippen LogP contribution is 2.13. The third-order valence-electron chi connectivity index (χ3n) is 3.17. The van der Waals surface area contributed by atoms with E-state index in [1.807, 2.05) is 30.5 Å². The van der Waals surface area contributed by atoms with Gasteiger partial charge in [-0.15, -0.1) is 0 Å². The van der Waals surface area contributed by atoms with Crippen LogP contribution in [0.4, 0.5) is 0 Å². The summed E-state index contributed by atoms with van der Waals surface area (Å²) in [5.74, 6) is 0.885. The second kappa shape index (κ2) is 7.03. The average Bonchev–Trinajstić information content (AvgIpc) is 2.49. The molecule has 4 nitrogen and oxygen atoms in total. The van der Waals surface area contributed by atoms with Gasteiger partial charge in [0.2, 0.25) is 0 Å². The molecule has 0 aliphatic heterocycles. The van der Waals surface area contributed by atoms with Gasteiger partial charge >= 0.3 is 0 Å². The number of ether oxygens (including phenoxy) is 1. The highest BCUT2D eigenvalue weighted by Gasteiger charge is 2.03. The smallest absolute Gasteiger partial charge is 0.118 e. The lowest BCUT2D eigenvalue weighted by Gasteiger charge is -2.16. The number of hydrogen-bond donors (Lipinski definition) is 1. The van der Waals surface area contributed by atoms with Crippen LogP contribution in [0.5, 0.6) is 5.75 Å². The van der Waals surface area contributed by atoms with Gasteiger partial charge in [-0.2, -0.15) is 0 Å². The van der Waals surface area contributed by atoms with Crippen LogP contribution in [0.25, 0.3) is 0 Å². The van der Waals surface area contributed by atoms with Crippen LogP contribution in [0, 0.1) is 0 Å². The molecule has 0 bridgehead atoms. The molecule has 0 saturated heterocycles. The third-order valence-corrected chi connectivity index (χ3v) is 3.17. The van der Waals surface area contributed by atoms with E-state index in [1.54, 1.807) is 7.11 Å². The predicted molar refractivity (Wildman–Crippen MR) is 80.3 cm³/mol. The maximum absolute atomic E-state index is 5.57. The van der Waals surface area contributed by atoms with Crippen molar-refractivity contribution in [2.45, 2.75) is 19.6 Å². The van der Waals surface area contributed by atoms with Gasteiger partial charge in [-0.25, -0.2) is 0 Å².